The SMILES string of the molecule is CNS(=O)(=O)c1ccc(Cl)c(C(=O)OCC(=O)c2[nH]c(C)c(C(C)=O)c2C)c1. The zero-order valence-electron chi connectivity index (χ0n) is 15.7. The van der Waals surface area contributed by atoms with E-state index in [9.17, 15) is 22.8 Å². The Morgan fingerprint density at radius 2 is 1.86 bits per heavy atom. The summed E-state index contributed by atoms with van der Waals surface area (Å²) in [5.74, 6) is -1.66. The van der Waals surface area contributed by atoms with Crippen molar-refractivity contribution < 1.29 is 27.5 Å². The molecule has 1 aromatic heterocycles. The summed E-state index contributed by atoms with van der Waals surface area (Å²) in [7, 11) is -2.55. The van der Waals surface area contributed by atoms with Gasteiger partial charge in [0, 0.05) is 11.3 Å². The van der Waals surface area contributed by atoms with Crippen LogP contribution in [0.5, 0.6) is 0 Å². The van der Waals surface area contributed by atoms with E-state index in [-0.39, 0.29) is 27.0 Å². The van der Waals surface area contributed by atoms with Gasteiger partial charge in [-0.25, -0.2) is 17.9 Å². The molecule has 150 valence electrons. The van der Waals surface area contributed by atoms with E-state index in [0.717, 1.165) is 6.07 Å². The minimum absolute atomic E-state index is 0.0155. The highest BCUT2D eigenvalue weighted by Gasteiger charge is 2.22. The van der Waals surface area contributed by atoms with Crippen LogP contribution in [0, 0.1) is 13.8 Å². The summed E-state index contributed by atoms with van der Waals surface area (Å²) >= 11 is 5.96. The van der Waals surface area contributed by atoms with Crippen LogP contribution >= 0.6 is 11.6 Å². The molecule has 0 aliphatic rings. The van der Waals surface area contributed by atoms with E-state index in [1.54, 1.807) is 13.8 Å². The Kier molecular flexibility index (Phi) is 6.43. The number of hydrogen-bond donors (Lipinski definition) is 2. The summed E-state index contributed by atoms with van der Waals surface area (Å²) in [5, 5.41) is -0.0155. The summed E-state index contributed by atoms with van der Waals surface area (Å²) in [6.45, 7) is 4.08. The number of aromatic amines is 1. The second kappa shape index (κ2) is 8.26. The summed E-state index contributed by atoms with van der Waals surface area (Å²) in [6.07, 6.45) is 0. The highest BCUT2D eigenvalue weighted by atomic mass is 35.5. The number of nitrogens with one attached hydrogen (secondary N) is 2. The lowest BCUT2D eigenvalue weighted by atomic mass is 10.1. The van der Waals surface area contributed by atoms with Crippen molar-refractivity contribution in [2.24, 2.45) is 0 Å². The van der Waals surface area contributed by atoms with E-state index in [4.69, 9.17) is 16.3 Å². The van der Waals surface area contributed by atoms with E-state index >= 15 is 0 Å². The van der Waals surface area contributed by atoms with Crippen molar-refractivity contribution in [3.05, 3.63) is 51.3 Å². The van der Waals surface area contributed by atoms with Crippen molar-refractivity contribution in [1.29, 1.82) is 0 Å². The first-order valence-electron chi connectivity index (χ1n) is 8.13. The molecule has 2 aromatic rings. The molecule has 0 atom stereocenters. The van der Waals surface area contributed by atoms with E-state index in [2.05, 4.69) is 9.71 Å². The molecule has 0 saturated heterocycles. The van der Waals surface area contributed by atoms with Crippen molar-refractivity contribution >= 4 is 39.2 Å². The molecule has 0 unspecified atom stereocenters. The lowest BCUT2D eigenvalue weighted by Gasteiger charge is -2.08. The molecule has 0 radical (unpaired) electrons. The van der Waals surface area contributed by atoms with Crippen LogP contribution in [0.1, 0.15) is 49.4 Å². The molecule has 0 amide bonds. The molecule has 2 rings (SSSR count). The minimum atomic E-state index is -3.78. The van der Waals surface area contributed by atoms with Gasteiger partial charge < -0.3 is 9.72 Å². The van der Waals surface area contributed by atoms with Crippen LogP contribution in [0.4, 0.5) is 0 Å². The van der Waals surface area contributed by atoms with Gasteiger partial charge in [-0.2, -0.15) is 0 Å². The second-order valence-electron chi connectivity index (χ2n) is 6.03. The normalized spacial score (nSPS) is 11.3. The molecular formula is C18H19ClN2O6S. The number of H-pyrrole nitrogens is 1. The first-order chi connectivity index (χ1) is 13.0. The smallest absolute Gasteiger partial charge is 0.340 e. The second-order valence-corrected chi connectivity index (χ2v) is 8.32. The Morgan fingerprint density at radius 1 is 1.21 bits per heavy atom. The molecule has 0 fully saturated rings. The Morgan fingerprint density at radius 3 is 2.39 bits per heavy atom. The Labute approximate surface area is 167 Å². The van der Waals surface area contributed by atoms with Crippen LogP contribution in [0.3, 0.4) is 0 Å². The van der Waals surface area contributed by atoms with Gasteiger partial charge in [0.1, 0.15) is 0 Å². The zero-order valence-corrected chi connectivity index (χ0v) is 17.2. The van der Waals surface area contributed by atoms with Crippen LogP contribution in [0.2, 0.25) is 5.02 Å². The third kappa shape index (κ3) is 4.32. The number of esters is 1. The summed E-state index contributed by atoms with van der Waals surface area (Å²) < 4.78 is 30.9. The lowest BCUT2D eigenvalue weighted by molar-refractivity contribution is 0.0473. The monoisotopic (exact) mass is 426 g/mol. The number of Topliss-reactive ketones (excluding diaryl/α,β-unsaturated/α-hetero) is 2. The Balaban J connectivity index is 2.21. The number of hydrogen-bond acceptors (Lipinski definition) is 6. The molecule has 28 heavy (non-hydrogen) atoms. The molecule has 0 bridgehead atoms. The van der Waals surface area contributed by atoms with Crippen LogP contribution in [-0.4, -0.2) is 44.6 Å². The van der Waals surface area contributed by atoms with Gasteiger partial charge in [0.2, 0.25) is 15.8 Å². The standard InChI is InChI=1S/C18H19ClN2O6S/c1-9-16(11(3)22)10(2)21-17(9)15(23)8-27-18(24)13-7-12(5-6-14(13)19)28(25,26)20-4/h5-7,20-21H,8H2,1-4H3. The highest BCUT2D eigenvalue weighted by molar-refractivity contribution is 7.89. The van der Waals surface area contributed by atoms with Crippen molar-refractivity contribution in [3.8, 4) is 0 Å². The van der Waals surface area contributed by atoms with Gasteiger partial charge in [-0.1, -0.05) is 11.6 Å². The first-order valence-corrected chi connectivity index (χ1v) is 9.99. The quantitative estimate of drug-likeness (QED) is 0.517. The number of rotatable bonds is 7. The van der Waals surface area contributed by atoms with Crippen LogP contribution in [0.25, 0.3) is 0 Å². The van der Waals surface area contributed by atoms with Gasteiger partial charge in [0.05, 0.1) is 21.2 Å². The van der Waals surface area contributed by atoms with E-state index in [1.165, 1.54) is 26.1 Å². The Hall–Kier alpha value is -2.49. The highest BCUT2D eigenvalue weighted by Crippen LogP contribution is 2.22. The molecule has 0 aliphatic heterocycles. The molecule has 0 saturated carbocycles. The summed E-state index contributed by atoms with van der Waals surface area (Å²) in [6, 6.07) is 3.56. The molecule has 10 heteroatoms. The molecule has 1 heterocycles. The molecule has 8 nitrogen and oxygen atoms in total. The van der Waals surface area contributed by atoms with Crippen LogP contribution < -0.4 is 4.72 Å². The average Bonchev–Trinajstić information content (AvgIpc) is 2.94. The van der Waals surface area contributed by atoms with E-state index in [0.29, 0.717) is 16.8 Å². The lowest BCUT2D eigenvalue weighted by Crippen LogP contribution is -2.20. The molecular weight excluding hydrogens is 408 g/mol. The fraction of sp³-hybridized carbons (Fsp3) is 0.278. The Bertz CT molecular complexity index is 1070. The number of aromatic nitrogens is 1. The topological polar surface area (TPSA) is 122 Å². The number of ether oxygens (including phenoxy) is 1. The predicted octanol–water partition coefficient (Wildman–Crippen LogP) is 2.44. The van der Waals surface area contributed by atoms with Crippen molar-refractivity contribution in [3.63, 3.8) is 0 Å². The molecule has 0 spiro atoms. The number of carbonyl (C=O) groups excluding carboxylic acids is 3. The van der Waals surface area contributed by atoms with Gasteiger partial charge in [0.15, 0.2) is 12.4 Å². The number of benzene rings is 1. The maximum absolute atomic E-state index is 12.4. The van der Waals surface area contributed by atoms with Crippen molar-refractivity contribution in [2.45, 2.75) is 25.7 Å². The third-order valence-corrected chi connectivity index (χ3v) is 5.88. The summed E-state index contributed by atoms with van der Waals surface area (Å²) in [5.41, 5.74) is 1.43. The van der Waals surface area contributed by atoms with Crippen molar-refractivity contribution in [2.75, 3.05) is 13.7 Å². The van der Waals surface area contributed by atoms with Gasteiger partial charge in [-0.15, -0.1) is 0 Å². The first kappa shape index (κ1) is 21.8. The van der Waals surface area contributed by atoms with Gasteiger partial charge in [-0.05, 0) is 51.6 Å². The fourth-order valence-electron chi connectivity index (χ4n) is 2.78. The van der Waals surface area contributed by atoms with E-state index < -0.39 is 28.4 Å². The zero-order chi connectivity index (χ0) is 21.2. The minimum Gasteiger partial charge on any atom is -0.454 e. The maximum atomic E-state index is 12.4. The predicted molar refractivity (Wildman–Crippen MR) is 103 cm³/mol. The number of ketones is 2. The van der Waals surface area contributed by atoms with Crippen molar-refractivity contribution in [1.82, 2.24) is 9.71 Å². The summed E-state index contributed by atoms with van der Waals surface area (Å²) in [4.78, 5) is 39.0. The number of carbonyl (C=O) groups is 3. The van der Waals surface area contributed by atoms with Crippen LogP contribution in [-0.2, 0) is 14.8 Å². The number of aryl methyl sites for hydroxylation is 1. The average molecular weight is 427 g/mol. The molecule has 1 aromatic carbocycles. The largest absolute Gasteiger partial charge is 0.454 e. The third-order valence-electron chi connectivity index (χ3n) is 4.14. The van der Waals surface area contributed by atoms with Gasteiger partial charge in [-0.3, -0.25) is 9.59 Å². The fourth-order valence-corrected chi connectivity index (χ4v) is 3.73. The number of halogens is 1. The number of sulfonamides is 1. The van der Waals surface area contributed by atoms with Gasteiger partial charge >= 0.3 is 5.97 Å². The van der Waals surface area contributed by atoms with Gasteiger partial charge in [0.25, 0.3) is 0 Å². The molecule has 2 N–H and O–H groups in total. The van der Waals surface area contributed by atoms with Crippen LogP contribution in [0.15, 0.2) is 23.1 Å². The van der Waals surface area contributed by atoms with E-state index in [1.807, 2.05) is 0 Å². The maximum Gasteiger partial charge on any atom is 0.340 e. The molecule has 0 aliphatic carbocycles.